The van der Waals surface area contributed by atoms with Gasteiger partial charge in [0.25, 0.3) is 0 Å². The molecule has 4 heteroatoms. The average molecular weight is 289 g/mol. The molecule has 3 nitrogen and oxygen atoms in total. The van der Waals surface area contributed by atoms with Gasteiger partial charge in [0, 0.05) is 23.7 Å². The Bertz CT molecular complexity index is 523. The van der Waals surface area contributed by atoms with E-state index < -0.39 is 0 Å². The van der Waals surface area contributed by atoms with E-state index in [-0.39, 0.29) is 0 Å². The van der Waals surface area contributed by atoms with E-state index in [0.29, 0.717) is 0 Å². The maximum Gasteiger partial charge on any atom is 0.129 e. The van der Waals surface area contributed by atoms with Crippen LogP contribution in [0.5, 0.6) is 0 Å². The van der Waals surface area contributed by atoms with Gasteiger partial charge in [-0.05, 0) is 49.5 Å². The van der Waals surface area contributed by atoms with E-state index in [1.807, 2.05) is 7.05 Å². The first-order valence-corrected chi connectivity index (χ1v) is 8.06. The van der Waals surface area contributed by atoms with Gasteiger partial charge in [0.15, 0.2) is 0 Å². The van der Waals surface area contributed by atoms with Crippen molar-refractivity contribution in [3.05, 3.63) is 45.8 Å². The van der Waals surface area contributed by atoms with Crippen LogP contribution < -0.4 is 10.2 Å². The summed E-state index contributed by atoms with van der Waals surface area (Å²) in [6.07, 6.45) is 0.973. The van der Waals surface area contributed by atoms with Gasteiger partial charge in [-0.2, -0.15) is 0 Å². The van der Waals surface area contributed by atoms with Gasteiger partial charge < -0.3 is 10.2 Å². The van der Waals surface area contributed by atoms with E-state index in [1.54, 1.807) is 11.3 Å². The topological polar surface area (TPSA) is 28.2 Å². The second kappa shape index (κ2) is 7.41. The molecule has 0 bridgehead atoms. The molecule has 0 saturated heterocycles. The molecule has 0 spiro atoms. The van der Waals surface area contributed by atoms with Crippen LogP contribution in [-0.2, 0) is 19.5 Å². The van der Waals surface area contributed by atoms with E-state index in [4.69, 9.17) is 4.98 Å². The van der Waals surface area contributed by atoms with Crippen molar-refractivity contribution in [2.24, 2.45) is 0 Å². The molecule has 20 heavy (non-hydrogen) atoms. The van der Waals surface area contributed by atoms with Crippen molar-refractivity contribution in [3.63, 3.8) is 0 Å². The summed E-state index contributed by atoms with van der Waals surface area (Å²) in [5, 5.41) is 5.35. The number of anilines is 1. The summed E-state index contributed by atoms with van der Waals surface area (Å²) in [6.45, 7) is 7.14. The van der Waals surface area contributed by atoms with Crippen LogP contribution in [0.2, 0.25) is 0 Å². The molecule has 0 atom stereocenters. The molecule has 0 unspecified atom stereocenters. The van der Waals surface area contributed by atoms with Crippen molar-refractivity contribution in [2.45, 2.75) is 33.4 Å². The molecule has 108 valence electrons. The van der Waals surface area contributed by atoms with Crippen LogP contribution in [0.1, 0.15) is 30.0 Å². The fraction of sp³-hybridized carbons (Fsp3) is 0.438. The zero-order valence-corrected chi connectivity index (χ0v) is 13.3. The third kappa shape index (κ3) is 3.81. The Labute approximate surface area is 125 Å². The number of nitrogens with zero attached hydrogens (tertiary/aromatic N) is 2. The maximum atomic E-state index is 4.79. The van der Waals surface area contributed by atoms with Crippen LogP contribution in [0.15, 0.2) is 29.6 Å². The molecule has 0 aromatic carbocycles. The highest BCUT2D eigenvalue weighted by molar-refractivity contribution is 7.09. The number of rotatable bonds is 7. The third-order valence-electron chi connectivity index (χ3n) is 3.30. The predicted molar refractivity (Wildman–Crippen MR) is 87.4 cm³/mol. The number of thiophene rings is 1. The Morgan fingerprint density at radius 2 is 2.15 bits per heavy atom. The fourth-order valence-electron chi connectivity index (χ4n) is 2.23. The number of hydrogen-bond acceptors (Lipinski definition) is 4. The van der Waals surface area contributed by atoms with Crippen LogP contribution in [0, 0.1) is 0 Å². The number of aryl methyl sites for hydroxylation is 1. The van der Waals surface area contributed by atoms with Gasteiger partial charge in [-0.3, -0.25) is 0 Å². The first-order chi connectivity index (χ1) is 9.76. The first-order valence-electron chi connectivity index (χ1n) is 7.18. The van der Waals surface area contributed by atoms with E-state index in [1.165, 1.54) is 10.4 Å². The van der Waals surface area contributed by atoms with Gasteiger partial charge in [-0.25, -0.2) is 4.98 Å². The SMILES string of the molecule is CCc1cc(CNC)cc(N(CC)Cc2cccs2)n1. The molecule has 0 saturated carbocycles. The lowest BCUT2D eigenvalue weighted by molar-refractivity contribution is 0.790. The van der Waals surface area contributed by atoms with Crippen LogP contribution in [0.25, 0.3) is 0 Å². The Morgan fingerprint density at radius 1 is 1.30 bits per heavy atom. The molecule has 1 N–H and O–H groups in total. The van der Waals surface area contributed by atoms with Crippen molar-refractivity contribution in [2.75, 3.05) is 18.5 Å². The third-order valence-corrected chi connectivity index (χ3v) is 4.16. The van der Waals surface area contributed by atoms with Crippen LogP contribution in [0.4, 0.5) is 5.82 Å². The Morgan fingerprint density at radius 3 is 2.75 bits per heavy atom. The quantitative estimate of drug-likeness (QED) is 0.846. The van der Waals surface area contributed by atoms with Gasteiger partial charge >= 0.3 is 0 Å². The van der Waals surface area contributed by atoms with Crippen molar-refractivity contribution in [1.29, 1.82) is 0 Å². The highest BCUT2D eigenvalue weighted by Gasteiger charge is 2.10. The average Bonchev–Trinajstić information content (AvgIpc) is 2.97. The van der Waals surface area contributed by atoms with Gasteiger partial charge in [-0.1, -0.05) is 13.0 Å². The molecule has 0 amide bonds. The second-order valence-electron chi connectivity index (χ2n) is 4.80. The minimum Gasteiger partial charge on any atom is -0.352 e. The van der Waals surface area contributed by atoms with Gasteiger partial charge in [0.1, 0.15) is 5.82 Å². The summed E-state index contributed by atoms with van der Waals surface area (Å²) in [5.41, 5.74) is 2.47. The van der Waals surface area contributed by atoms with Gasteiger partial charge in [0.2, 0.25) is 0 Å². The van der Waals surface area contributed by atoms with Crippen molar-refractivity contribution in [1.82, 2.24) is 10.3 Å². The van der Waals surface area contributed by atoms with Crippen molar-refractivity contribution < 1.29 is 0 Å². The number of nitrogens with one attached hydrogen (secondary N) is 1. The maximum absolute atomic E-state index is 4.79. The van der Waals surface area contributed by atoms with Gasteiger partial charge in [-0.15, -0.1) is 11.3 Å². The molecule has 0 aliphatic rings. The molecule has 2 aromatic heterocycles. The van der Waals surface area contributed by atoms with Crippen molar-refractivity contribution >= 4 is 17.2 Å². The Hall–Kier alpha value is -1.39. The molecule has 2 heterocycles. The zero-order chi connectivity index (χ0) is 14.4. The predicted octanol–water partition coefficient (Wildman–Crippen LogP) is 3.45. The lowest BCUT2D eigenvalue weighted by Crippen LogP contribution is -2.23. The summed E-state index contributed by atoms with van der Waals surface area (Å²) >= 11 is 1.80. The fourth-order valence-corrected chi connectivity index (χ4v) is 2.95. The summed E-state index contributed by atoms with van der Waals surface area (Å²) in [4.78, 5) is 8.51. The summed E-state index contributed by atoms with van der Waals surface area (Å²) < 4.78 is 0. The number of hydrogen-bond donors (Lipinski definition) is 1. The minimum absolute atomic E-state index is 0.888. The second-order valence-corrected chi connectivity index (χ2v) is 5.83. The van der Waals surface area contributed by atoms with Crippen LogP contribution in [0.3, 0.4) is 0 Å². The standard InChI is InChI=1S/C16H23N3S/c1-4-14-9-13(11-17-3)10-16(18-14)19(5-2)12-15-7-6-8-20-15/h6-10,17H,4-5,11-12H2,1-3H3. The minimum atomic E-state index is 0.888. The summed E-state index contributed by atoms with van der Waals surface area (Å²) in [6, 6.07) is 8.69. The molecule has 2 rings (SSSR count). The monoisotopic (exact) mass is 289 g/mol. The number of pyridine rings is 1. The van der Waals surface area contributed by atoms with Crippen LogP contribution in [-0.4, -0.2) is 18.6 Å². The van der Waals surface area contributed by atoms with Crippen molar-refractivity contribution in [3.8, 4) is 0 Å². The molecular formula is C16H23N3S. The Kier molecular flexibility index (Phi) is 5.56. The summed E-state index contributed by atoms with van der Waals surface area (Å²) in [5.74, 6) is 1.09. The first kappa shape index (κ1) is 15.0. The largest absolute Gasteiger partial charge is 0.352 e. The van der Waals surface area contributed by atoms with E-state index >= 15 is 0 Å². The molecular weight excluding hydrogens is 266 g/mol. The zero-order valence-electron chi connectivity index (χ0n) is 12.5. The van der Waals surface area contributed by atoms with Crippen LogP contribution >= 0.6 is 11.3 Å². The molecule has 0 fully saturated rings. The molecule has 2 aromatic rings. The highest BCUT2D eigenvalue weighted by atomic mass is 32.1. The highest BCUT2D eigenvalue weighted by Crippen LogP contribution is 2.20. The van der Waals surface area contributed by atoms with E-state index in [0.717, 1.165) is 37.6 Å². The van der Waals surface area contributed by atoms with Gasteiger partial charge in [0.05, 0.1) is 6.54 Å². The smallest absolute Gasteiger partial charge is 0.129 e. The molecule has 0 aliphatic heterocycles. The molecule has 0 radical (unpaired) electrons. The Balaban J connectivity index is 2.25. The lowest BCUT2D eigenvalue weighted by atomic mass is 10.2. The molecule has 0 aliphatic carbocycles. The number of aromatic nitrogens is 1. The normalized spacial score (nSPS) is 10.8. The summed E-state index contributed by atoms with van der Waals surface area (Å²) in [7, 11) is 1.98. The van der Waals surface area contributed by atoms with E-state index in [9.17, 15) is 0 Å². The lowest BCUT2D eigenvalue weighted by Gasteiger charge is -2.22. The van der Waals surface area contributed by atoms with E-state index in [2.05, 4.69) is 53.7 Å².